The van der Waals surface area contributed by atoms with Crippen LogP contribution in [0, 0.1) is 0 Å². The lowest BCUT2D eigenvalue weighted by Crippen LogP contribution is -2.20. The van der Waals surface area contributed by atoms with E-state index in [0.29, 0.717) is 16.6 Å². The summed E-state index contributed by atoms with van der Waals surface area (Å²) >= 11 is 11.7. The second-order valence-electron chi connectivity index (χ2n) is 4.21. The van der Waals surface area contributed by atoms with Crippen LogP contribution in [0.25, 0.3) is 6.08 Å². The Balaban J connectivity index is 1.90. The smallest absolute Gasteiger partial charge is 0.244 e. The molecule has 2 aromatic carbocycles. The standard InChI is InChI=1S/C16H13Cl2NO/c17-14-8-6-12(10-15(14)18)7-9-16(20)19-11-13-4-2-1-3-5-13/h1-10H,11H2,(H,19,20)/b9-7+. The summed E-state index contributed by atoms with van der Waals surface area (Å²) in [6.45, 7) is 0.505. The Morgan fingerprint density at radius 3 is 2.50 bits per heavy atom. The molecule has 102 valence electrons. The molecule has 0 aliphatic heterocycles. The molecule has 20 heavy (non-hydrogen) atoms. The third-order valence-corrected chi connectivity index (χ3v) is 3.42. The Kier molecular flexibility index (Phi) is 5.22. The van der Waals surface area contributed by atoms with Gasteiger partial charge in [-0.05, 0) is 29.3 Å². The lowest BCUT2D eigenvalue weighted by atomic mass is 10.2. The Morgan fingerprint density at radius 1 is 1.05 bits per heavy atom. The lowest BCUT2D eigenvalue weighted by Gasteiger charge is -2.02. The fraction of sp³-hybridized carbons (Fsp3) is 0.0625. The van der Waals surface area contributed by atoms with Crippen LogP contribution >= 0.6 is 23.2 Å². The van der Waals surface area contributed by atoms with Crippen molar-refractivity contribution in [2.45, 2.75) is 6.54 Å². The number of rotatable bonds is 4. The minimum atomic E-state index is -0.153. The van der Waals surface area contributed by atoms with Crippen molar-refractivity contribution in [3.05, 3.63) is 75.8 Å². The van der Waals surface area contributed by atoms with Gasteiger partial charge in [-0.2, -0.15) is 0 Å². The molecular weight excluding hydrogens is 293 g/mol. The van der Waals surface area contributed by atoms with E-state index in [1.165, 1.54) is 6.08 Å². The van der Waals surface area contributed by atoms with E-state index in [-0.39, 0.29) is 5.91 Å². The Hall–Kier alpha value is -1.77. The molecule has 0 spiro atoms. The quantitative estimate of drug-likeness (QED) is 0.837. The highest BCUT2D eigenvalue weighted by Crippen LogP contribution is 2.23. The molecule has 0 saturated heterocycles. The number of hydrogen-bond donors (Lipinski definition) is 1. The molecule has 1 N–H and O–H groups in total. The molecule has 0 aromatic heterocycles. The summed E-state index contributed by atoms with van der Waals surface area (Å²) in [5.41, 5.74) is 1.89. The number of amides is 1. The highest BCUT2D eigenvalue weighted by molar-refractivity contribution is 6.42. The first-order valence-electron chi connectivity index (χ1n) is 6.10. The van der Waals surface area contributed by atoms with Crippen LogP contribution in [0.3, 0.4) is 0 Å². The minimum Gasteiger partial charge on any atom is -0.348 e. The van der Waals surface area contributed by atoms with Crippen LogP contribution in [0.2, 0.25) is 10.0 Å². The van der Waals surface area contributed by atoms with Crippen molar-refractivity contribution >= 4 is 35.2 Å². The van der Waals surface area contributed by atoms with Gasteiger partial charge in [-0.15, -0.1) is 0 Å². The fourth-order valence-electron chi connectivity index (χ4n) is 1.63. The van der Waals surface area contributed by atoms with Gasteiger partial charge in [0.1, 0.15) is 0 Å². The summed E-state index contributed by atoms with van der Waals surface area (Å²) in [7, 11) is 0. The number of halogens is 2. The summed E-state index contributed by atoms with van der Waals surface area (Å²) < 4.78 is 0. The van der Waals surface area contributed by atoms with E-state index in [1.807, 2.05) is 30.3 Å². The Labute approximate surface area is 128 Å². The van der Waals surface area contributed by atoms with Crippen molar-refractivity contribution in [3.63, 3.8) is 0 Å². The van der Waals surface area contributed by atoms with Gasteiger partial charge in [-0.25, -0.2) is 0 Å². The van der Waals surface area contributed by atoms with E-state index < -0.39 is 0 Å². The predicted octanol–water partition coefficient (Wildman–Crippen LogP) is 4.32. The Bertz CT molecular complexity index is 624. The molecule has 0 unspecified atom stereocenters. The number of carbonyl (C=O) groups excluding carboxylic acids is 1. The van der Waals surface area contributed by atoms with Gasteiger partial charge in [0.25, 0.3) is 0 Å². The van der Waals surface area contributed by atoms with Crippen LogP contribution in [0.5, 0.6) is 0 Å². The van der Waals surface area contributed by atoms with E-state index in [2.05, 4.69) is 5.32 Å². The van der Waals surface area contributed by atoms with Gasteiger partial charge in [0.15, 0.2) is 0 Å². The molecule has 0 heterocycles. The van der Waals surface area contributed by atoms with Gasteiger partial charge in [0, 0.05) is 12.6 Å². The summed E-state index contributed by atoms with van der Waals surface area (Å²) in [6, 6.07) is 15.0. The topological polar surface area (TPSA) is 29.1 Å². The van der Waals surface area contributed by atoms with Crippen molar-refractivity contribution in [2.75, 3.05) is 0 Å². The van der Waals surface area contributed by atoms with Crippen LogP contribution in [-0.2, 0) is 11.3 Å². The van der Waals surface area contributed by atoms with Crippen LogP contribution < -0.4 is 5.32 Å². The molecule has 0 saturated carbocycles. The van der Waals surface area contributed by atoms with Crippen molar-refractivity contribution in [1.29, 1.82) is 0 Å². The first kappa shape index (κ1) is 14.6. The summed E-state index contributed by atoms with van der Waals surface area (Å²) in [5, 5.41) is 3.78. The average Bonchev–Trinajstić information content (AvgIpc) is 2.47. The zero-order chi connectivity index (χ0) is 14.4. The van der Waals surface area contributed by atoms with E-state index in [9.17, 15) is 4.79 Å². The van der Waals surface area contributed by atoms with Crippen molar-refractivity contribution in [1.82, 2.24) is 5.32 Å². The largest absolute Gasteiger partial charge is 0.348 e. The fourth-order valence-corrected chi connectivity index (χ4v) is 1.94. The molecule has 0 radical (unpaired) electrons. The summed E-state index contributed by atoms with van der Waals surface area (Å²) in [5.74, 6) is -0.153. The van der Waals surface area contributed by atoms with Gasteiger partial charge in [-0.3, -0.25) is 4.79 Å². The second kappa shape index (κ2) is 7.13. The normalized spacial score (nSPS) is 10.7. The maximum absolute atomic E-state index is 11.7. The van der Waals surface area contributed by atoms with Gasteiger partial charge in [-0.1, -0.05) is 59.6 Å². The zero-order valence-electron chi connectivity index (χ0n) is 10.6. The van der Waals surface area contributed by atoms with Crippen molar-refractivity contribution in [2.24, 2.45) is 0 Å². The number of benzene rings is 2. The number of carbonyl (C=O) groups is 1. The Morgan fingerprint density at radius 2 is 1.80 bits per heavy atom. The molecular formula is C16H13Cl2NO. The zero-order valence-corrected chi connectivity index (χ0v) is 12.2. The molecule has 4 heteroatoms. The predicted molar refractivity (Wildman–Crippen MR) is 83.8 cm³/mol. The van der Waals surface area contributed by atoms with E-state index >= 15 is 0 Å². The van der Waals surface area contributed by atoms with Crippen LogP contribution in [0.1, 0.15) is 11.1 Å². The van der Waals surface area contributed by atoms with Gasteiger partial charge in [0.05, 0.1) is 10.0 Å². The first-order chi connectivity index (χ1) is 9.65. The van der Waals surface area contributed by atoms with Gasteiger partial charge in [0.2, 0.25) is 5.91 Å². The molecule has 1 amide bonds. The van der Waals surface area contributed by atoms with Gasteiger partial charge < -0.3 is 5.32 Å². The van der Waals surface area contributed by atoms with Crippen LogP contribution in [0.15, 0.2) is 54.6 Å². The highest BCUT2D eigenvalue weighted by Gasteiger charge is 1.99. The molecule has 2 aromatic rings. The molecule has 0 aliphatic rings. The van der Waals surface area contributed by atoms with Gasteiger partial charge >= 0.3 is 0 Å². The molecule has 0 atom stereocenters. The van der Waals surface area contributed by atoms with Crippen LogP contribution in [-0.4, -0.2) is 5.91 Å². The monoisotopic (exact) mass is 305 g/mol. The molecule has 2 nitrogen and oxygen atoms in total. The van der Waals surface area contributed by atoms with Crippen molar-refractivity contribution < 1.29 is 4.79 Å². The molecule has 2 rings (SSSR count). The van der Waals surface area contributed by atoms with E-state index in [4.69, 9.17) is 23.2 Å². The second-order valence-corrected chi connectivity index (χ2v) is 5.02. The average molecular weight is 306 g/mol. The maximum atomic E-state index is 11.7. The summed E-state index contributed by atoms with van der Waals surface area (Å²) in [4.78, 5) is 11.7. The molecule has 0 fully saturated rings. The van der Waals surface area contributed by atoms with E-state index in [0.717, 1.165) is 11.1 Å². The highest BCUT2D eigenvalue weighted by atomic mass is 35.5. The number of hydrogen-bond acceptors (Lipinski definition) is 1. The number of nitrogens with one attached hydrogen (secondary N) is 1. The summed E-state index contributed by atoms with van der Waals surface area (Å²) in [6.07, 6.45) is 3.17. The molecule has 0 aliphatic carbocycles. The third kappa shape index (κ3) is 4.41. The minimum absolute atomic E-state index is 0.153. The van der Waals surface area contributed by atoms with E-state index in [1.54, 1.807) is 24.3 Å². The van der Waals surface area contributed by atoms with Crippen molar-refractivity contribution in [3.8, 4) is 0 Å². The lowest BCUT2D eigenvalue weighted by molar-refractivity contribution is -0.116. The first-order valence-corrected chi connectivity index (χ1v) is 6.85. The SMILES string of the molecule is O=C(/C=C/c1ccc(Cl)c(Cl)c1)NCc1ccccc1. The molecule has 0 bridgehead atoms. The maximum Gasteiger partial charge on any atom is 0.244 e. The third-order valence-electron chi connectivity index (χ3n) is 2.68. The van der Waals surface area contributed by atoms with Crippen LogP contribution in [0.4, 0.5) is 0 Å².